The molecule has 1 aliphatic heterocycles. The molecule has 0 radical (unpaired) electrons. The lowest BCUT2D eigenvalue weighted by molar-refractivity contribution is -0.134. The van der Waals surface area contributed by atoms with Gasteiger partial charge in [0.1, 0.15) is 0 Å². The minimum atomic E-state index is -0.687. The molecule has 2 aromatic rings. The van der Waals surface area contributed by atoms with Gasteiger partial charge < -0.3 is 0 Å². The molecule has 0 saturated carbocycles. The van der Waals surface area contributed by atoms with E-state index < -0.39 is 11.8 Å². The molecule has 88 valence electrons. The van der Waals surface area contributed by atoms with Crippen LogP contribution in [0.25, 0.3) is 10.8 Å². The summed E-state index contributed by atoms with van der Waals surface area (Å²) in [5.74, 6) is -1.33. The third kappa shape index (κ3) is 1.48. The number of nitrogens with one attached hydrogen (secondary N) is 1. The van der Waals surface area contributed by atoms with Gasteiger partial charge in [-0.2, -0.15) is 0 Å². The Bertz CT molecular complexity index is 691. The highest BCUT2D eigenvalue weighted by atomic mass is 32.1. The number of hydrogen-bond donors (Lipinski definition) is 1. The summed E-state index contributed by atoms with van der Waals surface area (Å²) < 4.78 is 0. The van der Waals surface area contributed by atoms with Crippen LogP contribution in [0.4, 0.5) is 5.69 Å². The third-order valence-electron chi connectivity index (χ3n) is 2.83. The van der Waals surface area contributed by atoms with Crippen LogP contribution in [0.1, 0.15) is 0 Å². The second-order valence-corrected chi connectivity index (χ2v) is 4.28. The quantitative estimate of drug-likeness (QED) is 0.622. The minimum absolute atomic E-state index is 0.126. The Kier molecular flexibility index (Phi) is 2.34. The first kappa shape index (κ1) is 10.9. The van der Waals surface area contributed by atoms with Crippen molar-refractivity contribution in [3.8, 4) is 0 Å². The van der Waals surface area contributed by atoms with E-state index in [9.17, 15) is 9.59 Å². The van der Waals surface area contributed by atoms with Gasteiger partial charge in [0.15, 0.2) is 5.11 Å². The number of hydrogen-bond acceptors (Lipinski definition) is 3. The zero-order chi connectivity index (χ0) is 12.7. The molecule has 1 saturated heterocycles. The topological polar surface area (TPSA) is 49.4 Å². The number of fused-ring (bicyclic) bond motifs is 1. The van der Waals surface area contributed by atoms with Gasteiger partial charge in [0.2, 0.25) is 0 Å². The van der Waals surface area contributed by atoms with E-state index in [1.165, 1.54) is 4.90 Å². The molecule has 0 atom stereocenters. The molecule has 0 aromatic heterocycles. The number of amides is 2. The Morgan fingerprint density at radius 2 is 1.72 bits per heavy atom. The van der Waals surface area contributed by atoms with Crippen LogP contribution in [-0.2, 0) is 9.59 Å². The molecule has 0 spiro atoms. The molecule has 3 rings (SSSR count). The molecule has 0 aliphatic carbocycles. The number of anilines is 1. The Labute approximate surface area is 108 Å². The molecule has 2 amide bonds. The molecule has 1 aliphatic rings. The summed E-state index contributed by atoms with van der Waals surface area (Å²) >= 11 is 5.01. The Morgan fingerprint density at radius 1 is 1.00 bits per heavy atom. The van der Waals surface area contributed by atoms with Gasteiger partial charge in [-0.3, -0.25) is 14.9 Å². The van der Waals surface area contributed by atoms with Gasteiger partial charge in [-0.25, -0.2) is 4.90 Å². The van der Waals surface area contributed by atoms with E-state index in [0.717, 1.165) is 10.8 Å². The van der Waals surface area contributed by atoms with Crippen molar-refractivity contribution in [1.29, 1.82) is 0 Å². The summed E-state index contributed by atoms with van der Waals surface area (Å²) in [5, 5.41) is 4.35. The maximum absolute atomic E-state index is 11.8. The van der Waals surface area contributed by atoms with E-state index in [4.69, 9.17) is 12.2 Å². The van der Waals surface area contributed by atoms with Crippen molar-refractivity contribution in [2.45, 2.75) is 0 Å². The molecular formula is C13H8N2O2S. The first-order valence-electron chi connectivity index (χ1n) is 5.35. The summed E-state index contributed by atoms with van der Waals surface area (Å²) in [6.07, 6.45) is 0. The number of benzene rings is 2. The summed E-state index contributed by atoms with van der Waals surface area (Å²) in [7, 11) is 0. The van der Waals surface area contributed by atoms with Crippen LogP contribution in [0.2, 0.25) is 0 Å². The average molecular weight is 256 g/mol. The molecule has 0 unspecified atom stereocenters. The van der Waals surface area contributed by atoms with Crippen molar-refractivity contribution in [2.24, 2.45) is 0 Å². The summed E-state index contributed by atoms with van der Waals surface area (Å²) in [6.45, 7) is 0. The van der Waals surface area contributed by atoms with Crippen molar-refractivity contribution in [2.75, 3.05) is 4.90 Å². The minimum Gasteiger partial charge on any atom is -0.294 e. The Morgan fingerprint density at radius 3 is 2.44 bits per heavy atom. The number of carbonyl (C=O) groups excluding carboxylic acids is 2. The first-order chi connectivity index (χ1) is 8.68. The van der Waals surface area contributed by atoms with E-state index in [2.05, 4.69) is 5.32 Å². The van der Waals surface area contributed by atoms with E-state index >= 15 is 0 Å². The van der Waals surface area contributed by atoms with Crippen molar-refractivity contribution < 1.29 is 9.59 Å². The van der Waals surface area contributed by atoms with Crippen LogP contribution in [0.3, 0.4) is 0 Å². The van der Waals surface area contributed by atoms with Gasteiger partial charge in [-0.05, 0) is 23.7 Å². The fraction of sp³-hybridized carbons (Fsp3) is 0. The number of carbonyl (C=O) groups is 2. The summed E-state index contributed by atoms with van der Waals surface area (Å²) in [6, 6.07) is 13.2. The molecule has 5 heteroatoms. The second-order valence-electron chi connectivity index (χ2n) is 3.90. The zero-order valence-electron chi connectivity index (χ0n) is 9.21. The van der Waals surface area contributed by atoms with Gasteiger partial charge in [0.05, 0.1) is 5.69 Å². The van der Waals surface area contributed by atoms with Crippen LogP contribution in [0, 0.1) is 0 Å². The van der Waals surface area contributed by atoms with Gasteiger partial charge in [-0.15, -0.1) is 0 Å². The van der Waals surface area contributed by atoms with Gasteiger partial charge in [0.25, 0.3) is 0 Å². The van der Waals surface area contributed by atoms with Crippen LogP contribution < -0.4 is 10.2 Å². The largest absolute Gasteiger partial charge is 0.323 e. The van der Waals surface area contributed by atoms with Gasteiger partial charge >= 0.3 is 11.8 Å². The number of rotatable bonds is 1. The molecule has 2 aromatic carbocycles. The van der Waals surface area contributed by atoms with Crippen LogP contribution in [0.5, 0.6) is 0 Å². The maximum atomic E-state index is 11.8. The molecule has 1 N–H and O–H groups in total. The smallest absolute Gasteiger partial charge is 0.294 e. The fourth-order valence-electron chi connectivity index (χ4n) is 2.02. The highest BCUT2D eigenvalue weighted by Crippen LogP contribution is 2.28. The van der Waals surface area contributed by atoms with E-state index in [-0.39, 0.29) is 5.11 Å². The lowest BCUT2D eigenvalue weighted by Crippen LogP contribution is -2.30. The van der Waals surface area contributed by atoms with Crippen molar-refractivity contribution >= 4 is 45.6 Å². The highest BCUT2D eigenvalue weighted by molar-refractivity contribution is 7.80. The second kappa shape index (κ2) is 3.89. The fourth-order valence-corrected chi connectivity index (χ4v) is 2.30. The van der Waals surface area contributed by atoms with Crippen LogP contribution >= 0.6 is 12.2 Å². The number of nitrogens with zero attached hydrogens (tertiary/aromatic N) is 1. The molecule has 1 heterocycles. The molecule has 0 bridgehead atoms. The van der Waals surface area contributed by atoms with E-state index in [1.54, 1.807) is 6.07 Å². The first-order valence-corrected chi connectivity index (χ1v) is 5.76. The average Bonchev–Trinajstić information content (AvgIpc) is 2.63. The summed E-state index contributed by atoms with van der Waals surface area (Å²) in [4.78, 5) is 24.3. The standard InChI is InChI=1S/C13H8N2O2S/c16-11-12(17)15(13(18)14-11)10-7-3-5-8-4-1-2-6-9(8)10/h1-7H,(H,14,16,18). The monoisotopic (exact) mass is 256 g/mol. The zero-order valence-corrected chi connectivity index (χ0v) is 10.0. The van der Waals surface area contributed by atoms with Crippen molar-refractivity contribution in [3.05, 3.63) is 42.5 Å². The summed E-state index contributed by atoms with van der Waals surface area (Å²) in [5.41, 5.74) is 0.626. The normalized spacial score (nSPS) is 15.3. The molecule has 18 heavy (non-hydrogen) atoms. The van der Waals surface area contributed by atoms with Crippen LogP contribution in [0.15, 0.2) is 42.5 Å². The van der Waals surface area contributed by atoms with Gasteiger partial charge in [-0.1, -0.05) is 36.4 Å². The Balaban J connectivity index is 2.24. The Hall–Kier alpha value is -2.27. The molecule has 1 fully saturated rings. The number of thiocarbonyl (C=S) groups is 1. The maximum Gasteiger partial charge on any atom is 0.323 e. The SMILES string of the molecule is O=C1NC(=S)N(c2cccc3ccccc23)C1=O. The molecule has 4 nitrogen and oxygen atoms in total. The van der Waals surface area contributed by atoms with E-state index in [0.29, 0.717) is 5.69 Å². The van der Waals surface area contributed by atoms with E-state index in [1.807, 2.05) is 36.4 Å². The lowest BCUT2D eigenvalue weighted by atomic mass is 10.1. The van der Waals surface area contributed by atoms with Crippen molar-refractivity contribution in [3.63, 3.8) is 0 Å². The van der Waals surface area contributed by atoms with Crippen molar-refractivity contribution in [1.82, 2.24) is 5.32 Å². The highest BCUT2D eigenvalue weighted by Gasteiger charge is 2.35. The predicted molar refractivity (Wildman–Crippen MR) is 72.2 cm³/mol. The van der Waals surface area contributed by atoms with Gasteiger partial charge in [0, 0.05) is 5.39 Å². The van der Waals surface area contributed by atoms with Crippen LogP contribution in [-0.4, -0.2) is 16.9 Å². The molecular weight excluding hydrogens is 248 g/mol. The predicted octanol–water partition coefficient (Wildman–Crippen LogP) is 1.59. The lowest BCUT2D eigenvalue weighted by Gasteiger charge is -2.15. The third-order valence-corrected chi connectivity index (χ3v) is 3.11.